The summed E-state index contributed by atoms with van der Waals surface area (Å²) in [6.07, 6.45) is -9.91. The maximum Gasteiger partial charge on any atom is 0.490 e. The van der Waals surface area contributed by atoms with Crippen molar-refractivity contribution in [2.24, 2.45) is 11.8 Å². The van der Waals surface area contributed by atoms with Crippen LogP contribution in [-0.4, -0.2) is 91.9 Å². The Morgan fingerprint density at radius 1 is 1.18 bits per heavy atom. The predicted octanol–water partition coefficient (Wildman–Crippen LogP) is 3.01. The number of alkyl carbamates (subject to hydrolysis) is 1. The van der Waals surface area contributed by atoms with E-state index in [9.17, 15) is 31.5 Å². The number of nitrogens with one attached hydrogen (secondary N) is 1. The molecule has 12 nitrogen and oxygen atoms in total. The molecule has 5 atom stereocenters. The van der Waals surface area contributed by atoms with Crippen molar-refractivity contribution in [3.63, 3.8) is 0 Å². The normalized spacial score (nSPS) is 23.0. The molecule has 2 saturated heterocycles. The summed E-state index contributed by atoms with van der Waals surface area (Å²) in [5, 5.41) is 21.2. The smallest absolute Gasteiger partial charge is 0.475 e. The average Bonchev–Trinajstić information content (AvgIpc) is 3.61. The van der Waals surface area contributed by atoms with Crippen molar-refractivity contribution >= 4 is 27.8 Å². The van der Waals surface area contributed by atoms with Gasteiger partial charge in [-0.05, 0) is 48.6 Å². The summed E-state index contributed by atoms with van der Waals surface area (Å²) < 4.78 is 103. The zero-order valence-electron chi connectivity index (χ0n) is 27.4. The summed E-state index contributed by atoms with van der Waals surface area (Å²) in [7, 11) is -4.57. The highest BCUT2D eigenvalue weighted by Gasteiger charge is 2.44. The molecular weight excluding hydrogens is 623 g/mol. The lowest BCUT2D eigenvalue weighted by Crippen LogP contribution is -2.51. The van der Waals surface area contributed by atoms with Gasteiger partial charge in [-0.2, -0.15) is 17.5 Å². The Morgan fingerprint density at radius 3 is 2.38 bits per heavy atom. The minimum absolute atomic E-state index is 0.111. The molecule has 16 heteroatoms. The van der Waals surface area contributed by atoms with Crippen LogP contribution in [0.15, 0.2) is 59.5 Å². The van der Waals surface area contributed by atoms with E-state index in [-0.39, 0.29) is 36.3 Å². The standard InChI is InChI=1S/C27H37N3O7S.C2HF3O2/c1-18(2)15-30(38(33,34)21-10-8-20(28)9-11-21)16-24(31)23(14-19-6-4-3-5-7-19)29-27(32)37-25-17-36-26-22(25)12-13-35-26;3-2(4,5)1(6)7/h3-11,18,22-26,31H,12-17,28H2,1-2H3,(H,29,32);(H,6,7)/t22-,23-,24-,25-,26+;/m0./s1/i16D2,24D;. The van der Waals surface area contributed by atoms with Crippen LogP contribution in [0.1, 0.15) is 29.9 Å². The Balaban J connectivity index is 0.000000804. The van der Waals surface area contributed by atoms with Gasteiger partial charge >= 0.3 is 18.2 Å². The first-order chi connectivity index (χ1) is 22.2. The molecule has 45 heavy (non-hydrogen) atoms. The minimum atomic E-state index is -5.08. The van der Waals surface area contributed by atoms with Crippen molar-refractivity contribution < 1.29 is 59.7 Å². The quantitative estimate of drug-likeness (QED) is 0.261. The van der Waals surface area contributed by atoms with Crippen LogP contribution in [0.3, 0.4) is 0 Å². The van der Waals surface area contributed by atoms with E-state index in [4.69, 9.17) is 34.0 Å². The summed E-state index contributed by atoms with van der Waals surface area (Å²) in [6.45, 7) is 0.377. The van der Waals surface area contributed by atoms with Gasteiger partial charge in [0.25, 0.3) is 0 Å². The van der Waals surface area contributed by atoms with Crippen LogP contribution in [0.4, 0.5) is 23.7 Å². The van der Waals surface area contributed by atoms with Crippen molar-refractivity contribution in [3.8, 4) is 0 Å². The van der Waals surface area contributed by atoms with Gasteiger partial charge in [-0.3, -0.25) is 0 Å². The topological polar surface area (TPSA) is 178 Å². The fourth-order valence-electron chi connectivity index (χ4n) is 4.44. The van der Waals surface area contributed by atoms with Gasteiger partial charge < -0.3 is 35.5 Å². The van der Waals surface area contributed by atoms with Crippen molar-refractivity contribution in [1.29, 1.82) is 0 Å². The first-order valence-electron chi connectivity index (χ1n) is 15.3. The number of aliphatic carboxylic acids is 1. The number of hydrogen-bond acceptors (Lipinski definition) is 9. The third-order valence-corrected chi connectivity index (χ3v) is 8.32. The van der Waals surface area contributed by atoms with Gasteiger partial charge in [0.05, 0.1) is 37.5 Å². The van der Waals surface area contributed by atoms with Crippen molar-refractivity contribution in [2.75, 3.05) is 32.0 Å². The van der Waals surface area contributed by atoms with Gasteiger partial charge in [0.1, 0.15) is 6.10 Å². The Bertz CT molecular complexity index is 1500. The molecule has 4 rings (SSSR count). The molecule has 250 valence electrons. The summed E-state index contributed by atoms with van der Waals surface area (Å²) >= 11 is 0. The summed E-state index contributed by atoms with van der Waals surface area (Å²) in [4.78, 5) is 21.7. The van der Waals surface area contributed by atoms with Crippen molar-refractivity contribution in [3.05, 3.63) is 60.2 Å². The molecule has 2 aliphatic rings. The number of ether oxygens (including phenoxy) is 3. The van der Waals surface area contributed by atoms with E-state index < -0.39 is 59.3 Å². The van der Waals surface area contributed by atoms with E-state index in [1.165, 1.54) is 24.3 Å². The number of carboxylic acid groups (broad SMARTS) is 1. The summed E-state index contributed by atoms with van der Waals surface area (Å²) in [5.41, 5.74) is 6.60. The third-order valence-electron chi connectivity index (χ3n) is 6.63. The van der Waals surface area contributed by atoms with Gasteiger partial charge in [0.15, 0.2) is 6.29 Å². The Morgan fingerprint density at radius 2 is 1.80 bits per heavy atom. The molecular formula is C29H38F3N3O9S. The highest BCUT2D eigenvalue weighted by molar-refractivity contribution is 7.89. The largest absolute Gasteiger partial charge is 0.490 e. The first kappa shape index (κ1) is 31.5. The predicted molar refractivity (Wildman–Crippen MR) is 155 cm³/mol. The molecule has 2 heterocycles. The van der Waals surface area contributed by atoms with Crippen molar-refractivity contribution in [1.82, 2.24) is 9.62 Å². The van der Waals surface area contributed by atoms with E-state index in [0.29, 0.717) is 28.6 Å². The number of halogens is 3. The molecule has 0 bridgehead atoms. The number of carboxylic acids is 1. The number of fused-ring (bicyclic) bond motifs is 1. The van der Waals surface area contributed by atoms with E-state index in [1.807, 2.05) is 0 Å². The molecule has 0 aliphatic carbocycles. The Labute approximate surface area is 263 Å². The van der Waals surface area contributed by atoms with Crippen LogP contribution in [0.5, 0.6) is 0 Å². The molecule has 2 aliphatic heterocycles. The molecule has 0 radical (unpaired) electrons. The maximum absolute atomic E-state index is 13.7. The number of sulfonamides is 1. The number of alkyl halides is 3. The number of nitrogens with two attached hydrogens (primary N) is 1. The minimum Gasteiger partial charge on any atom is -0.475 e. The molecule has 2 fully saturated rings. The second-order valence-electron chi connectivity index (χ2n) is 10.7. The number of nitrogens with zero attached hydrogens (tertiary/aromatic N) is 1. The SMILES string of the molecule is O=C(O)C(F)(F)F.[2H]C([2H])(N(CC(C)C)S(=O)(=O)c1ccc(N)cc1)[C@]([2H])(O)[C@H](Cc1ccccc1)NC(=O)O[C@H]1CO[C@H]2OCC[C@H]21. The Hall–Kier alpha value is -3.44. The number of amides is 1. The van der Waals surface area contributed by atoms with Gasteiger partial charge in [-0.1, -0.05) is 44.2 Å². The van der Waals surface area contributed by atoms with Crippen LogP contribution in [0.2, 0.25) is 0 Å². The van der Waals surface area contributed by atoms with Crippen LogP contribution >= 0.6 is 0 Å². The highest BCUT2D eigenvalue weighted by atomic mass is 32.2. The zero-order valence-corrected chi connectivity index (χ0v) is 25.3. The monoisotopic (exact) mass is 664 g/mol. The van der Waals surface area contributed by atoms with Crippen LogP contribution in [0.25, 0.3) is 0 Å². The summed E-state index contributed by atoms with van der Waals surface area (Å²) in [6, 6.07) is 12.1. The lowest BCUT2D eigenvalue weighted by atomic mass is 10.0. The number of nitrogen functional groups attached to an aromatic ring is 1. The number of anilines is 1. The molecule has 0 spiro atoms. The number of aliphatic hydroxyl groups is 1. The molecule has 2 aromatic rings. The van der Waals surface area contributed by atoms with Gasteiger partial charge in [-0.15, -0.1) is 0 Å². The fourth-order valence-corrected chi connectivity index (χ4v) is 5.88. The van der Waals surface area contributed by atoms with Crippen LogP contribution in [0, 0.1) is 11.8 Å². The van der Waals surface area contributed by atoms with Crippen molar-refractivity contribution in [2.45, 2.75) is 62.3 Å². The lowest BCUT2D eigenvalue weighted by Gasteiger charge is -2.31. The van der Waals surface area contributed by atoms with Crippen LogP contribution in [-0.2, 0) is 35.4 Å². The zero-order chi connectivity index (χ0) is 36.1. The lowest BCUT2D eigenvalue weighted by molar-refractivity contribution is -0.192. The second kappa shape index (κ2) is 15.7. The second-order valence-corrected chi connectivity index (χ2v) is 12.5. The molecule has 0 aromatic heterocycles. The van der Waals surface area contributed by atoms with E-state index in [0.717, 1.165) is 0 Å². The number of carbonyl (C=O) groups is 2. The highest BCUT2D eigenvalue weighted by Crippen LogP contribution is 2.33. The fraction of sp³-hybridized carbons (Fsp3) is 0.517. The third kappa shape index (κ3) is 10.6. The molecule has 2 aromatic carbocycles. The van der Waals surface area contributed by atoms with Crippen LogP contribution < -0.4 is 11.1 Å². The van der Waals surface area contributed by atoms with Gasteiger partial charge in [0, 0.05) is 21.5 Å². The van der Waals surface area contributed by atoms with E-state index in [1.54, 1.807) is 44.2 Å². The average molecular weight is 665 g/mol. The molecule has 0 unspecified atom stereocenters. The first-order valence-corrected chi connectivity index (χ1v) is 15.3. The Kier molecular flexibility index (Phi) is 11.0. The van der Waals surface area contributed by atoms with E-state index in [2.05, 4.69) is 5.32 Å². The van der Waals surface area contributed by atoms with E-state index >= 15 is 0 Å². The maximum atomic E-state index is 13.7. The van der Waals surface area contributed by atoms with Gasteiger partial charge in [0.2, 0.25) is 10.0 Å². The number of carbonyl (C=O) groups excluding carboxylic acids is 1. The number of benzene rings is 2. The number of rotatable bonds is 11. The molecule has 5 N–H and O–H groups in total. The summed E-state index contributed by atoms with van der Waals surface area (Å²) in [5.74, 6) is -3.30. The van der Waals surface area contributed by atoms with Gasteiger partial charge in [-0.25, -0.2) is 18.0 Å². The molecule has 0 saturated carbocycles. The number of hydrogen-bond donors (Lipinski definition) is 4. The molecule has 1 amide bonds.